The second kappa shape index (κ2) is 8.20. The number of carbonyl (C=O) groups excluding carboxylic acids is 1. The summed E-state index contributed by atoms with van der Waals surface area (Å²) in [7, 11) is 0. The van der Waals surface area contributed by atoms with Gasteiger partial charge in [0.2, 0.25) is 0 Å². The molecule has 1 fully saturated rings. The Kier molecular flexibility index (Phi) is 5.40. The van der Waals surface area contributed by atoms with E-state index in [0.29, 0.717) is 23.4 Å². The Morgan fingerprint density at radius 1 is 1.06 bits per heavy atom. The average molecular weight is 450 g/mol. The fourth-order valence-electron chi connectivity index (χ4n) is 4.29. The van der Waals surface area contributed by atoms with Crippen LogP contribution >= 0.6 is 23.4 Å². The van der Waals surface area contributed by atoms with E-state index in [1.54, 1.807) is 36.3 Å². The highest BCUT2D eigenvalue weighted by Gasteiger charge is 2.34. The van der Waals surface area contributed by atoms with Crippen molar-refractivity contribution in [1.82, 2.24) is 9.97 Å². The first-order valence-corrected chi connectivity index (χ1v) is 11.5. The number of quaternary nitrogens is 1. The van der Waals surface area contributed by atoms with Crippen LogP contribution in [0.1, 0.15) is 40.0 Å². The molecule has 156 valence electrons. The number of pyridine rings is 2. The van der Waals surface area contributed by atoms with Crippen molar-refractivity contribution >= 4 is 34.8 Å². The number of nitrogens with zero attached hydrogens (tertiary/aromatic N) is 3. The van der Waals surface area contributed by atoms with E-state index in [2.05, 4.69) is 11.1 Å². The van der Waals surface area contributed by atoms with E-state index in [-0.39, 0.29) is 13.1 Å². The van der Waals surface area contributed by atoms with E-state index < -0.39 is 10.6 Å². The molecule has 4 heterocycles. The van der Waals surface area contributed by atoms with Crippen LogP contribution in [-0.4, -0.2) is 33.6 Å². The van der Waals surface area contributed by atoms with Crippen LogP contribution < -0.4 is 0 Å². The van der Waals surface area contributed by atoms with Gasteiger partial charge >= 0.3 is 5.91 Å². The smallest absolute Gasteiger partial charge is 0.345 e. The number of hydroxylamine groups is 3. The Morgan fingerprint density at radius 2 is 1.84 bits per heavy atom. The van der Waals surface area contributed by atoms with Gasteiger partial charge in [0.25, 0.3) is 0 Å². The highest BCUT2D eigenvalue weighted by molar-refractivity contribution is 7.98. The summed E-state index contributed by atoms with van der Waals surface area (Å²) < 4.78 is -0.835. The predicted octanol–water partition coefficient (Wildman–Crippen LogP) is 5.49. The Labute approximate surface area is 190 Å². The summed E-state index contributed by atoms with van der Waals surface area (Å²) in [5.74, 6) is 0.420. The van der Waals surface area contributed by atoms with Gasteiger partial charge in [-0.1, -0.05) is 23.7 Å². The topological polar surface area (TPSA) is 65.9 Å². The van der Waals surface area contributed by atoms with Gasteiger partial charge < -0.3 is 5.21 Å². The first kappa shape index (κ1) is 20.4. The van der Waals surface area contributed by atoms with Gasteiger partial charge in [0.05, 0.1) is 24.3 Å². The van der Waals surface area contributed by atoms with Crippen molar-refractivity contribution in [2.45, 2.75) is 23.5 Å². The van der Waals surface area contributed by atoms with E-state index in [9.17, 15) is 10.0 Å². The summed E-state index contributed by atoms with van der Waals surface area (Å²) in [6, 6.07) is 13.2. The van der Waals surface area contributed by atoms with Gasteiger partial charge in [-0.3, -0.25) is 14.6 Å². The lowest BCUT2D eigenvalue weighted by molar-refractivity contribution is -0.801. The predicted molar refractivity (Wildman–Crippen MR) is 122 cm³/mol. The molecule has 2 aromatic heterocycles. The second-order valence-corrected chi connectivity index (χ2v) is 9.25. The molecule has 5 nitrogen and oxygen atoms in total. The minimum atomic E-state index is -0.835. The fourth-order valence-corrected chi connectivity index (χ4v) is 5.61. The molecule has 0 unspecified atom stereocenters. The first-order valence-electron chi connectivity index (χ1n) is 10.2. The summed E-state index contributed by atoms with van der Waals surface area (Å²) in [6.45, 7) is 0.441. The Morgan fingerprint density at radius 3 is 2.61 bits per heavy atom. The molecule has 1 amide bonds. The van der Waals surface area contributed by atoms with Gasteiger partial charge in [-0.15, -0.1) is 11.8 Å². The number of rotatable bonds is 1. The van der Waals surface area contributed by atoms with Crippen LogP contribution in [0, 0.1) is 5.21 Å². The largest absolute Gasteiger partial charge is 0.625 e. The van der Waals surface area contributed by atoms with Crippen LogP contribution in [0.5, 0.6) is 0 Å². The van der Waals surface area contributed by atoms with Crippen molar-refractivity contribution < 1.29 is 9.44 Å². The Balaban J connectivity index is 1.54. The third kappa shape index (κ3) is 3.81. The molecule has 0 aliphatic carbocycles. The molecule has 31 heavy (non-hydrogen) atoms. The number of hydrogen-bond acceptors (Lipinski definition) is 5. The van der Waals surface area contributed by atoms with E-state index in [0.717, 1.165) is 27.5 Å². The molecule has 5 rings (SSSR count). The van der Waals surface area contributed by atoms with E-state index in [1.165, 1.54) is 11.1 Å². The van der Waals surface area contributed by atoms with Gasteiger partial charge in [-0.2, -0.15) is 0 Å². The normalized spacial score (nSPS) is 20.6. The molecule has 2 aliphatic heterocycles. The average Bonchev–Trinajstić information content (AvgIpc) is 2.96. The molecule has 0 spiro atoms. The SMILES string of the molecule is O=C(c1ccncc1)[N+]1([O-])CCC(=C2c3ccc(Cl)cc3SCc3cccnc32)CC1. The molecule has 1 aromatic carbocycles. The molecular weight excluding hydrogens is 430 g/mol. The minimum Gasteiger partial charge on any atom is -0.625 e. The van der Waals surface area contributed by atoms with Crippen molar-refractivity contribution in [1.29, 1.82) is 0 Å². The van der Waals surface area contributed by atoms with Gasteiger partial charge in [-0.05, 0) is 47.0 Å². The molecule has 3 aromatic rings. The van der Waals surface area contributed by atoms with Crippen LogP contribution in [0.2, 0.25) is 5.02 Å². The van der Waals surface area contributed by atoms with E-state index >= 15 is 0 Å². The number of fused-ring (bicyclic) bond motifs is 2. The van der Waals surface area contributed by atoms with E-state index in [4.69, 9.17) is 16.6 Å². The van der Waals surface area contributed by atoms with Crippen LogP contribution in [0.4, 0.5) is 0 Å². The number of likely N-dealkylation sites (tertiary alicyclic amines) is 1. The number of amides is 1. The number of benzene rings is 1. The Hall–Kier alpha value is -2.51. The highest BCUT2D eigenvalue weighted by atomic mass is 35.5. The molecule has 0 bridgehead atoms. The minimum absolute atomic E-state index is 0.220. The van der Waals surface area contributed by atoms with Crippen molar-refractivity contribution in [3.63, 3.8) is 0 Å². The number of aromatic nitrogens is 2. The molecule has 0 N–H and O–H groups in total. The number of thioether (sulfide) groups is 1. The molecule has 0 radical (unpaired) electrons. The number of halogens is 1. The summed E-state index contributed by atoms with van der Waals surface area (Å²) >= 11 is 8.03. The van der Waals surface area contributed by atoms with Gasteiger partial charge in [0, 0.05) is 52.7 Å². The number of hydrogen-bond donors (Lipinski definition) is 0. The van der Waals surface area contributed by atoms with Gasteiger partial charge in [0.15, 0.2) is 0 Å². The second-order valence-electron chi connectivity index (χ2n) is 7.80. The maximum Gasteiger partial charge on any atom is 0.345 e. The molecule has 1 saturated heterocycles. The zero-order valence-corrected chi connectivity index (χ0v) is 18.3. The van der Waals surface area contributed by atoms with E-state index in [1.807, 2.05) is 30.5 Å². The summed E-state index contributed by atoms with van der Waals surface area (Å²) in [5, 5.41) is 14.1. The van der Waals surface area contributed by atoms with Crippen LogP contribution in [-0.2, 0) is 5.75 Å². The zero-order valence-electron chi connectivity index (χ0n) is 16.8. The maximum absolute atomic E-state index is 13.4. The third-order valence-corrected chi connectivity index (χ3v) is 7.26. The number of piperidine rings is 1. The van der Waals surface area contributed by atoms with Crippen LogP contribution in [0.3, 0.4) is 0 Å². The standard InChI is InChI=1S/C24H20ClN3O2S/c25-19-3-4-20-21(14-19)31-15-18-2-1-9-27-23(18)22(20)16-7-12-28(30,13-8-16)24(29)17-5-10-26-11-6-17/h1-6,9-11,14H,7-8,12-13,15H2. The monoisotopic (exact) mass is 449 g/mol. The fraction of sp³-hybridized carbons (Fsp3) is 0.208. The summed E-state index contributed by atoms with van der Waals surface area (Å²) in [5.41, 5.74) is 5.93. The molecule has 0 atom stereocenters. The molecule has 7 heteroatoms. The lowest BCUT2D eigenvalue weighted by Gasteiger charge is -2.43. The molecule has 2 aliphatic rings. The summed E-state index contributed by atoms with van der Waals surface area (Å²) in [4.78, 5) is 22.7. The lowest BCUT2D eigenvalue weighted by atomic mass is 9.89. The van der Waals surface area contributed by atoms with Gasteiger partial charge in [-0.25, -0.2) is 4.79 Å². The molecular formula is C24H20ClN3O2S. The lowest BCUT2D eigenvalue weighted by Crippen LogP contribution is -2.51. The maximum atomic E-state index is 13.4. The Bertz CT molecular complexity index is 1190. The third-order valence-electron chi connectivity index (χ3n) is 5.92. The van der Waals surface area contributed by atoms with Gasteiger partial charge in [0.1, 0.15) is 0 Å². The summed E-state index contributed by atoms with van der Waals surface area (Å²) in [6.07, 6.45) is 6.01. The highest BCUT2D eigenvalue weighted by Crippen LogP contribution is 2.43. The van der Waals surface area contributed by atoms with Crippen molar-refractivity contribution in [3.05, 3.63) is 99.2 Å². The number of carbonyl (C=O) groups is 1. The van der Waals surface area contributed by atoms with Crippen molar-refractivity contribution in [3.8, 4) is 0 Å². The van der Waals surface area contributed by atoms with Crippen molar-refractivity contribution in [2.24, 2.45) is 0 Å². The first-order chi connectivity index (χ1) is 15.0. The quantitative estimate of drug-likeness (QED) is 0.363. The van der Waals surface area contributed by atoms with Crippen LogP contribution in [0.25, 0.3) is 5.57 Å². The van der Waals surface area contributed by atoms with Crippen LogP contribution in [0.15, 0.2) is 71.5 Å². The zero-order chi connectivity index (χ0) is 21.4. The molecule has 0 saturated carbocycles. The van der Waals surface area contributed by atoms with Crippen molar-refractivity contribution in [2.75, 3.05) is 13.1 Å².